The molecule has 1 aromatic rings. The smallest absolute Gasteiger partial charge is 0.127 e. The fourth-order valence-electron chi connectivity index (χ4n) is 1.70. The molecule has 1 aliphatic rings. The van der Waals surface area contributed by atoms with E-state index in [1.165, 1.54) is 23.3 Å². The van der Waals surface area contributed by atoms with Crippen molar-refractivity contribution in [2.24, 2.45) is 0 Å². The summed E-state index contributed by atoms with van der Waals surface area (Å²) in [6.45, 7) is 1.48. The number of benzene rings is 1. The van der Waals surface area contributed by atoms with Crippen LogP contribution in [0, 0.1) is 5.82 Å². The van der Waals surface area contributed by atoms with Crippen LogP contribution in [0.3, 0.4) is 0 Å². The van der Waals surface area contributed by atoms with Crippen LogP contribution in [-0.2, 0) is 6.54 Å². The van der Waals surface area contributed by atoms with Gasteiger partial charge in [-0.1, -0.05) is 11.6 Å². The molecule has 1 aromatic carbocycles. The molecule has 1 N–H and O–H groups in total. The van der Waals surface area contributed by atoms with Gasteiger partial charge < -0.3 is 5.32 Å². The van der Waals surface area contributed by atoms with E-state index in [2.05, 4.69) is 5.32 Å². The zero-order chi connectivity index (χ0) is 12.1. The zero-order valence-electron chi connectivity index (χ0n) is 9.42. The van der Waals surface area contributed by atoms with Gasteiger partial charge in [-0.05, 0) is 18.2 Å². The molecule has 0 spiro atoms. The fourth-order valence-corrected chi connectivity index (χ4v) is 4.54. The van der Waals surface area contributed by atoms with E-state index in [1.54, 1.807) is 12.1 Å². The van der Waals surface area contributed by atoms with Gasteiger partial charge in [-0.15, -0.1) is 0 Å². The van der Waals surface area contributed by atoms with E-state index in [0.29, 0.717) is 22.4 Å². The summed E-state index contributed by atoms with van der Waals surface area (Å²) in [6, 6.07) is 4.69. The van der Waals surface area contributed by atoms with Crippen molar-refractivity contribution < 1.29 is 4.39 Å². The molecule has 0 radical (unpaired) electrons. The van der Waals surface area contributed by atoms with Crippen molar-refractivity contribution in [1.29, 1.82) is 0 Å². The van der Waals surface area contributed by atoms with Gasteiger partial charge in [-0.25, -0.2) is 4.39 Å². The Kier molecular flexibility index (Phi) is 5.48. The summed E-state index contributed by atoms with van der Waals surface area (Å²) in [5, 5.41) is 4.54. The standard InChI is InChI=1S/C12H15ClFNS2/c13-10-1-2-12(14)9(5-10)6-15-7-11-8-16-3-4-17-11/h1-2,5,11,15H,3-4,6-8H2. The van der Waals surface area contributed by atoms with Crippen molar-refractivity contribution in [2.75, 3.05) is 23.8 Å². The van der Waals surface area contributed by atoms with Gasteiger partial charge in [0.05, 0.1) is 0 Å². The number of hydrogen-bond donors (Lipinski definition) is 1. The van der Waals surface area contributed by atoms with Crippen molar-refractivity contribution >= 4 is 35.1 Å². The molecular weight excluding hydrogens is 277 g/mol. The Morgan fingerprint density at radius 2 is 2.29 bits per heavy atom. The third kappa shape index (κ3) is 4.36. The first-order chi connectivity index (χ1) is 8.25. The highest BCUT2D eigenvalue weighted by atomic mass is 35.5. The molecule has 1 nitrogen and oxygen atoms in total. The highest BCUT2D eigenvalue weighted by molar-refractivity contribution is 8.06. The molecule has 0 amide bonds. The third-order valence-corrected chi connectivity index (χ3v) is 5.66. The predicted octanol–water partition coefficient (Wildman–Crippen LogP) is 3.42. The summed E-state index contributed by atoms with van der Waals surface area (Å²) >= 11 is 9.84. The summed E-state index contributed by atoms with van der Waals surface area (Å²) in [7, 11) is 0. The average Bonchev–Trinajstić information content (AvgIpc) is 2.35. The summed E-state index contributed by atoms with van der Waals surface area (Å²) in [6.07, 6.45) is 0. The maximum atomic E-state index is 13.4. The van der Waals surface area contributed by atoms with Crippen LogP contribution in [0.25, 0.3) is 0 Å². The molecule has 1 unspecified atom stereocenters. The molecule has 0 bridgehead atoms. The van der Waals surface area contributed by atoms with Gasteiger partial charge in [0.25, 0.3) is 0 Å². The van der Waals surface area contributed by atoms with Crippen LogP contribution in [0.1, 0.15) is 5.56 Å². The van der Waals surface area contributed by atoms with E-state index in [9.17, 15) is 4.39 Å². The summed E-state index contributed by atoms with van der Waals surface area (Å²) in [5.74, 6) is 3.48. The number of thioether (sulfide) groups is 2. The molecule has 1 heterocycles. The minimum Gasteiger partial charge on any atom is -0.311 e. The first kappa shape index (κ1) is 13.5. The number of nitrogens with one attached hydrogen (secondary N) is 1. The van der Waals surface area contributed by atoms with Crippen molar-refractivity contribution in [1.82, 2.24) is 5.32 Å². The quantitative estimate of drug-likeness (QED) is 0.913. The van der Waals surface area contributed by atoms with Crippen molar-refractivity contribution in [3.63, 3.8) is 0 Å². The molecule has 17 heavy (non-hydrogen) atoms. The highest BCUT2D eigenvalue weighted by Gasteiger charge is 2.13. The van der Waals surface area contributed by atoms with Crippen LogP contribution >= 0.6 is 35.1 Å². The van der Waals surface area contributed by atoms with Crippen molar-refractivity contribution in [2.45, 2.75) is 11.8 Å². The average molecular weight is 292 g/mol. The third-order valence-electron chi connectivity index (χ3n) is 2.58. The van der Waals surface area contributed by atoms with E-state index >= 15 is 0 Å². The SMILES string of the molecule is Fc1ccc(Cl)cc1CNCC1CSCCS1. The largest absolute Gasteiger partial charge is 0.311 e. The molecule has 1 atom stereocenters. The van der Waals surface area contributed by atoms with Crippen molar-refractivity contribution in [3.05, 3.63) is 34.6 Å². The molecule has 0 aromatic heterocycles. The molecule has 0 saturated carbocycles. The lowest BCUT2D eigenvalue weighted by Gasteiger charge is -2.21. The lowest BCUT2D eigenvalue weighted by molar-refractivity contribution is 0.588. The monoisotopic (exact) mass is 291 g/mol. The minimum absolute atomic E-state index is 0.187. The van der Waals surface area contributed by atoms with Gasteiger partial charge in [0.1, 0.15) is 5.82 Å². The van der Waals surface area contributed by atoms with Crippen LogP contribution in [0.4, 0.5) is 4.39 Å². The fraction of sp³-hybridized carbons (Fsp3) is 0.500. The molecular formula is C12H15ClFNS2. The molecule has 1 saturated heterocycles. The number of rotatable bonds is 4. The van der Waals surface area contributed by atoms with Crippen LogP contribution in [0.2, 0.25) is 5.02 Å². The highest BCUT2D eigenvalue weighted by Crippen LogP contribution is 2.23. The minimum atomic E-state index is -0.187. The molecule has 2 rings (SSSR count). The van der Waals surface area contributed by atoms with E-state index in [-0.39, 0.29) is 5.82 Å². The normalized spacial score (nSPS) is 20.5. The van der Waals surface area contributed by atoms with Gasteiger partial charge in [-0.3, -0.25) is 0 Å². The first-order valence-corrected chi connectivity index (χ1v) is 8.18. The van der Waals surface area contributed by atoms with Gasteiger partial charge in [0.15, 0.2) is 0 Å². The Balaban J connectivity index is 1.79. The second-order valence-electron chi connectivity index (χ2n) is 3.93. The van der Waals surface area contributed by atoms with Crippen LogP contribution < -0.4 is 5.32 Å². The first-order valence-electron chi connectivity index (χ1n) is 5.59. The molecule has 1 fully saturated rings. The molecule has 1 aliphatic heterocycles. The van der Waals surface area contributed by atoms with Crippen LogP contribution in [0.15, 0.2) is 18.2 Å². The van der Waals surface area contributed by atoms with E-state index in [0.717, 1.165) is 6.54 Å². The second-order valence-corrected chi connectivity index (χ2v) is 6.93. The number of halogens is 2. The molecule has 5 heteroatoms. The summed E-state index contributed by atoms with van der Waals surface area (Å²) < 4.78 is 13.4. The summed E-state index contributed by atoms with van der Waals surface area (Å²) in [4.78, 5) is 0. The summed E-state index contributed by atoms with van der Waals surface area (Å²) in [5.41, 5.74) is 0.644. The van der Waals surface area contributed by atoms with Gasteiger partial charge >= 0.3 is 0 Å². The Bertz CT molecular complexity index is 370. The lowest BCUT2D eigenvalue weighted by Crippen LogP contribution is -2.28. The van der Waals surface area contributed by atoms with E-state index < -0.39 is 0 Å². The van der Waals surface area contributed by atoms with E-state index in [4.69, 9.17) is 11.6 Å². The Morgan fingerprint density at radius 1 is 1.41 bits per heavy atom. The topological polar surface area (TPSA) is 12.0 Å². The number of hydrogen-bond acceptors (Lipinski definition) is 3. The van der Waals surface area contributed by atoms with Crippen LogP contribution in [0.5, 0.6) is 0 Å². The maximum Gasteiger partial charge on any atom is 0.127 e. The van der Waals surface area contributed by atoms with Gasteiger partial charge in [0.2, 0.25) is 0 Å². The maximum absolute atomic E-state index is 13.4. The van der Waals surface area contributed by atoms with Crippen LogP contribution in [-0.4, -0.2) is 29.1 Å². The Hall–Kier alpha value is 0.1000. The molecule has 0 aliphatic carbocycles. The zero-order valence-corrected chi connectivity index (χ0v) is 11.8. The Labute approximate surface area is 115 Å². The van der Waals surface area contributed by atoms with Crippen molar-refractivity contribution in [3.8, 4) is 0 Å². The lowest BCUT2D eigenvalue weighted by atomic mass is 10.2. The second kappa shape index (κ2) is 6.88. The Morgan fingerprint density at radius 3 is 3.06 bits per heavy atom. The van der Waals surface area contributed by atoms with E-state index in [1.807, 2.05) is 23.5 Å². The molecule has 94 valence electrons. The predicted molar refractivity (Wildman–Crippen MR) is 76.7 cm³/mol. The van der Waals surface area contributed by atoms with Gasteiger partial charge in [-0.2, -0.15) is 23.5 Å². The van der Waals surface area contributed by atoms with Gasteiger partial charge in [0, 0.05) is 46.2 Å².